The Morgan fingerprint density at radius 3 is 1.71 bits per heavy atom. The van der Waals surface area contributed by atoms with Gasteiger partial charge >= 0.3 is 0 Å². The molecule has 0 aromatic heterocycles. The largest absolute Gasteiger partial charge is 0.382 e. The molecule has 0 aliphatic rings. The number of ketones is 2. The second-order valence-electron chi connectivity index (χ2n) is 5.91. The van der Waals surface area contributed by atoms with Crippen LogP contribution in [-0.2, 0) is 9.59 Å². The third kappa shape index (κ3) is 4.34. The van der Waals surface area contributed by atoms with E-state index in [1.54, 1.807) is 27.7 Å². The summed E-state index contributed by atoms with van der Waals surface area (Å²) in [6.45, 7) is 10.7. The third-order valence-electron chi connectivity index (χ3n) is 4.61. The second-order valence-corrected chi connectivity index (χ2v) is 5.91. The minimum atomic E-state index is -1.34. The fourth-order valence-corrected chi connectivity index (χ4v) is 2.79. The van der Waals surface area contributed by atoms with Crippen LogP contribution < -0.4 is 11.1 Å². The molecule has 0 spiro atoms. The molecule has 0 aliphatic heterocycles. The molecule has 0 rings (SSSR count). The molecule has 0 aliphatic carbocycles. The summed E-state index contributed by atoms with van der Waals surface area (Å²) in [5, 5.41) is 13.5. The number of Topliss-reactive ketones (excluding diaryl/α,β-unsaturated/α-hetero) is 2. The molecule has 5 heteroatoms. The lowest BCUT2D eigenvalue weighted by molar-refractivity contribution is -0.141. The smallest absolute Gasteiger partial charge is 0.180 e. The van der Waals surface area contributed by atoms with Crippen LogP contribution in [-0.4, -0.2) is 39.9 Å². The predicted octanol–water partition coefficient (Wildman–Crippen LogP) is 1.56. The minimum absolute atomic E-state index is 0.0938. The highest BCUT2D eigenvalue weighted by Crippen LogP contribution is 2.23. The summed E-state index contributed by atoms with van der Waals surface area (Å²) in [5.74, 6) is -0.361. The minimum Gasteiger partial charge on any atom is -0.382 e. The van der Waals surface area contributed by atoms with Crippen LogP contribution >= 0.6 is 0 Å². The zero-order chi connectivity index (χ0) is 16.8. The van der Waals surface area contributed by atoms with Crippen molar-refractivity contribution in [1.82, 2.24) is 5.32 Å². The highest BCUT2D eigenvalue weighted by Gasteiger charge is 2.42. The fourth-order valence-electron chi connectivity index (χ4n) is 2.79. The van der Waals surface area contributed by atoms with Gasteiger partial charge in [0, 0.05) is 0 Å². The Bertz CT molecular complexity index is 359. The van der Waals surface area contributed by atoms with Crippen LogP contribution in [0.25, 0.3) is 0 Å². The molecule has 0 heterocycles. The van der Waals surface area contributed by atoms with Crippen molar-refractivity contribution in [3.05, 3.63) is 0 Å². The van der Waals surface area contributed by atoms with Gasteiger partial charge in [-0.2, -0.15) is 0 Å². The van der Waals surface area contributed by atoms with Crippen molar-refractivity contribution < 1.29 is 14.7 Å². The highest BCUT2D eigenvalue weighted by molar-refractivity contribution is 5.95. The SMILES string of the molecule is CCC(O)(CC)C(=O)C(C)NC(CC)(CC)C(=O)C(C)N. The van der Waals surface area contributed by atoms with Gasteiger partial charge in [0.25, 0.3) is 0 Å². The molecule has 0 saturated carbocycles. The van der Waals surface area contributed by atoms with E-state index in [0.29, 0.717) is 25.7 Å². The maximum absolute atomic E-state index is 12.5. The molecule has 21 heavy (non-hydrogen) atoms. The van der Waals surface area contributed by atoms with Gasteiger partial charge in [0.2, 0.25) is 0 Å². The van der Waals surface area contributed by atoms with Gasteiger partial charge in [0.05, 0.1) is 17.6 Å². The van der Waals surface area contributed by atoms with Crippen LogP contribution in [0.2, 0.25) is 0 Å². The van der Waals surface area contributed by atoms with E-state index in [1.807, 2.05) is 13.8 Å². The maximum Gasteiger partial charge on any atom is 0.180 e. The summed E-state index contributed by atoms with van der Waals surface area (Å²) in [6, 6.07) is -1.19. The number of carbonyl (C=O) groups is 2. The number of carbonyl (C=O) groups excluding carboxylic acids is 2. The first-order valence-corrected chi connectivity index (χ1v) is 7.98. The van der Waals surface area contributed by atoms with Crippen LogP contribution in [0.5, 0.6) is 0 Å². The van der Waals surface area contributed by atoms with E-state index >= 15 is 0 Å². The summed E-state index contributed by atoms with van der Waals surface area (Å²) in [5.41, 5.74) is 3.59. The predicted molar refractivity (Wildman–Crippen MR) is 85.1 cm³/mol. The number of rotatable bonds is 10. The number of hydrogen-bond donors (Lipinski definition) is 3. The van der Waals surface area contributed by atoms with Gasteiger partial charge < -0.3 is 10.8 Å². The molecule has 4 N–H and O–H groups in total. The van der Waals surface area contributed by atoms with Gasteiger partial charge in [0.15, 0.2) is 11.6 Å². The molecule has 0 aromatic rings. The van der Waals surface area contributed by atoms with E-state index in [2.05, 4.69) is 5.32 Å². The normalized spacial score (nSPS) is 15.6. The molecule has 0 bridgehead atoms. The van der Waals surface area contributed by atoms with Crippen molar-refractivity contribution in [1.29, 1.82) is 0 Å². The lowest BCUT2D eigenvalue weighted by Crippen LogP contribution is -2.62. The van der Waals surface area contributed by atoms with Gasteiger partial charge in [-0.05, 0) is 39.5 Å². The van der Waals surface area contributed by atoms with E-state index in [9.17, 15) is 14.7 Å². The molecule has 0 saturated heterocycles. The summed E-state index contributed by atoms with van der Waals surface area (Å²) >= 11 is 0. The molecular formula is C16H32N2O3. The Balaban J connectivity index is 5.29. The van der Waals surface area contributed by atoms with Crippen molar-refractivity contribution in [2.24, 2.45) is 5.73 Å². The lowest BCUT2D eigenvalue weighted by Gasteiger charge is -2.37. The number of nitrogens with one attached hydrogen (secondary N) is 1. The summed E-state index contributed by atoms with van der Waals surface area (Å²) < 4.78 is 0. The first-order valence-electron chi connectivity index (χ1n) is 7.98. The lowest BCUT2D eigenvalue weighted by atomic mass is 9.82. The van der Waals surface area contributed by atoms with Crippen molar-refractivity contribution in [2.45, 2.75) is 90.4 Å². The van der Waals surface area contributed by atoms with Gasteiger partial charge in [0.1, 0.15) is 5.60 Å². The van der Waals surface area contributed by atoms with E-state index in [1.165, 1.54) is 0 Å². The number of nitrogens with two attached hydrogens (primary N) is 1. The summed E-state index contributed by atoms with van der Waals surface area (Å²) in [4.78, 5) is 24.9. The molecule has 0 fully saturated rings. The third-order valence-corrected chi connectivity index (χ3v) is 4.61. The molecule has 0 aromatic carbocycles. The highest BCUT2D eigenvalue weighted by atomic mass is 16.3. The first-order chi connectivity index (χ1) is 9.64. The van der Waals surface area contributed by atoms with E-state index in [-0.39, 0.29) is 11.6 Å². The van der Waals surface area contributed by atoms with Crippen LogP contribution in [0.3, 0.4) is 0 Å². The first kappa shape index (κ1) is 20.2. The van der Waals surface area contributed by atoms with E-state index in [4.69, 9.17) is 5.73 Å². The molecule has 0 amide bonds. The molecule has 2 unspecified atom stereocenters. The Morgan fingerprint density at radius 1 is 1.00 bits per heavy atom. The fraction of sp³-hybridized carbons (Fsp3) is 0.875. The summed E-state index contributed by atoms with van der Waals surface area (Å²) in [7, 11) is 0. The van der Waals surface area contributed by atoms with Crippen LogP contribution in [0.15, 0.2) is 0 Å². The molecule has 124 valence electrons. The number of aliphatic hydroxyl groups is 1. The average molecular weight is 300 g/mol. The second kappa shape index (κ2) is 8.01. The zero-order valence-electron chi connectivity index (χ0n) is 14.3. The zero-order valence-corrected chi connectivity index (χ0v) is 14.3. The maximum atomic E-state index is 12.5. The Hall–Kier alpha value is -0.780. The molecule has 2 atom stereocenters. The average Bonchev–Trinajstić information content (AvgIpc) is 2.50. The van der Waals surface area contributed by atoms with E-state index < -0.39 is 23.2 Å². The molecular weight excluding hydrogens is 268 g/mol. The standard InChI is InChI=1S/C16H32N2O3/c1-7-15(8-2,13(19)11(5)17)18-12(6)14(20)16(21,9-3)10-4/h11-12,18,21H,7-10,17H2,1-6H3. The quantitative estimate of drug-likeness (QED) is 0.569. The van der Waals surface area contributed by atoms with E-state index in [0.717, 1.165) is 0 Å². The van der Waals surface area contributed by atoms with Crippen LogP contribution in [0.1, 0.15) is 67.2 Å². The molecule has 5 nitrogen and oxygen atoms in total. The van der Waals surface area contributed by atoms with Crippen LogP contribution in [0, 0.1) is 0 Å². The number of hydrogen-bond acceptors (Lipinski definition) is 5. The van der Waals surface area contributed by atoms with Gasteiger partial charge in [-0.3, -0.25) is 14.9 Å². The Morgan fingerprint density at radius 2 is 1.43 bits per heavy atom. The summed E-state index contributed by atoms with van der Waals surface area (Å²) in [6.07, 6.45) is 1.83. The van der Waals surface area contributed by atoms with Gasteiger partial charge in [-0.25, -0.2) is 0 Å². The Kier molecular flexibility index (Phi) is 7.71. The van der Waals surface area contributed by atoms with Crippen molar-refractivity contribution in [3.63, 3.8) is 0 Å². The Labute approximate surface area is 128 Å². The van der Waals surface area contributed by atoms with Gasteiger partial charge in [-0.15, -0.1) is 0 Å². The topological polar surface area (TPSA) is 92.4 Å². The van der Waals surface area contributed by atoms with Crippen LogP contribution in [0.4, 0.5) is 0 Å². The molecule has 0 radical (unpaired) electrons. The van der Waals surface area contributed by atoms with Crippen molar-refractivity contribution >= 4 is 11.6 Å². The van der Waals surface area contributed by atoms with Crippen molar-refractivity contribution in [2.75, 3.05) is 0 Å². The van der Waals surface area contributed by atoms with Crippen molar-refractivity contribution in [3.8, 4) is 0 Å². The van der Waals surface area contributed by atoms with Gasteiger partial charge in [-0.1, -0.05) is 27.7 Å². The monoisotopic (exact) mass is 300 g/mol.